The van der Waals surface area contributed by atoms with Crippen molar-refractivity contribution >= 4 is 27.5 Å². The van der Waals surface area contributed by atoms with Gasteiger partial charge in [-0.15, -0.1) is 0 Å². The number of hydrogen-bond acceptors (Lipinski definition) is 5. The van der Waals surface area contributed by atoms with E-state index >= 15 is 0 Å². The molecule has 0 bridgehead atoms. The van der Waals surface area contributed by atoms with Crippen LogP contribution in [0.4, 0.5) is 0 Å². The van der Waals surface area contributed by atoms with Gasteiger partial charge in [0.15, 0.2) is 6.10 Å². The fraction of sp³-hybridized carbons (Fsp3) is 0.250. The minimum atomic E-state index is -3.86. The zero-order valence-corrected chi connectivity index (χ0v) is 14.3. The Morgan fingerprint density at radius 3 is 2.71 bits per heavy atom. The van der Waals surface area contributed by atoms with Crippen molar-refractivity contribution < 1.29 is 17.9 Å². The number of fused-ring (bicyclic) bond motifs is 1. The van der Waals surface area contributed by atoms with Gasteiger partial charge in [-0.2, -0.15) is 0 Å². The molecule has 1 amide bonds. The van der Waals surface area contributed by atoms with E-state index in [-0.39, 0.29) is 16.8 Å². The number of aromatic nitrogens is 1. The first-order chi connectivity index (χ1) is 11.4. The molecule has 0 unspecified atom stereocenters. The molecule has 6 nitrogen and oxygen atoms in total. The summed E-state index contributed by atoms with van der Waals surface area (Å²) in [5.74, 6) is -0.671. The third kappa shape index (κ3) is 3.52. The van der Waals surface area contributed by atoms with Crippen molar-refractivity contribution in [1.29, 1.82) is 0 Å². The number of benzene rings is 1. The van der Waals surface area contributed by atoms with E-state index in [1.807, 2.05) is 19.1 Å². The first kappa shape index (κ1) is 16.7. The van der Waals surface area contributed by atoms with Crippen molar-refractivity contribution in [3.8, 4) is 5.75 Å². The standard InChI is InChI=1S/C16H15ClN2O4S/c1-10-12-4-2-3-5-13(12)23-15(10)16(20)19-24(21,22)9-11-6-7-14(17)18-8-11/h2-8,10,15H,9H2,1H3,(H,19,20)/t10-,15-/m1/s1. The molecule has 0 fully saturated rings. The molecule has 1 aromatic heterocycles. The zero-order chi connectivity index (χ0) is 17.3. The monoisotopic (exact) mass is 366 g/mol. The van der Waals surface area contributed by atoms with Gasteiger partial charge in [0.25, 0.3) is 5.91 Å². The first-order valence-corrected chi connectivity index (χ1v) is 9.29. The minimum Gasteiger partial charge on any atom is -0.480 e. The summed E-state index contributed by atoms with van der Waals surface area (Å²) in [6.45, 7) is 1.83. The van der Waals surface area contributed by atoms with Crippen LogP contribution in [-0.4, -0.2) is 25.4 Å². The Hall–Kier alpha value is -2.12. The Labute approximate surface area is 144 Å². The van der Waals surface area contributed by atoms with E-state index in [0.717, 1.165) is 5.56 Å². The molecule has 0 spiro atoms. The second kappa shape index (κ2) is 6.41. The van der Waals surface area contributed by atoms with Gasteiger partial charge in [0.05, 0.1) is 5.75 Å². The predicted octanol–water partition coefficient (Wildman–Crippen LogP) is 2.25. The van der Waals surface area contributed by atoms with Gasteiger partial charge < -0.3 is 4.74 Å². The van der Waals surface area contributed by atoms with Gasteiger partial charge >= 0.3 is 0 Å². The highest BCUT2D eigenvalue weighted by atomic mass is 35.5. The topological polar surface area (TPSA) is 85.4 Å². The van der Waals surface area contributed by atoms with Crippen molar-refractivity contribution in [2.75, 3.05) is 0 Å². The Morgan fingerprint density at radius 1 is 1.29 bits per heavy atom. The number of sulfonamides is 1. The molecule has 126 valence electrons. The van der Waals surface area contributed by atoms with Crippen molar-refractivity contribution in [2.45, 2.75) is 24.7 Å². The highest BCUT2D eigenvalue weighted by Crippen LogP contribution is 2.37. The van der Waals surface area contributed by atoms with E-state index in [2.05, 4.69) is 9.71 Å². The number of nitrogens with zero attached hydrogens (tertiary/aromatic N) is 1. The van der Waals surface area contributed by atoms with E-state index in [0.29, 0.717) is 11.3 Å². The number of carbonyl (C=O) groups excluding carboxylic acids is 1. The SMILES string of the molecule is C[C@@H]1c2ccccc2O[C@H]1C(=O)NS(=O)(=O)Cc1ccc(Cl)nc1. The van der Waals surface area contributed by atoms with Crippen LogP contribution in [0.1, 0.15) is 24.0 Å². The van der Waals surface area contributed by atoms with Crippen LogP contribution in [0.2, 0.25) is 5.15 Å². The molecule has 2 heterocycles. The number of carbonyl (C=O) groups is 1. The van der Waals surface area contributed by atoms with Gasteiger partial charge in [-0.1, -0.05) is 42.8 Å². The Bertz CT molecular complexity index is 868. The molecule has 0 saturated carbocycles. The molecule has 1 aliphatic heterocycles. The van der Waals surface area contributed by atoms with Crippen LogP contribution in [0.15, 0.2) is 42.6 Å². The second-order valence-corrected chi connectivity index (χ2v) is 7.69. The van der Waals surface area contributed by atoms with E-state index in [1.54, 1.807) is 18.2 Å². The van der Waals surface area contributed by atoms with Crippen LogP contribution in [0.25, 0.3) is 0 Å². The van der Waals surface area contributed by atoms with Gasteiger partial charge in [-0.25, -0.2) is 18.1 Å². The van der Waals surface area contributed by atoms with Crippen LogP contribution < -0.4 is 9.46 Å². The number of hydrogen-bond donors (Lipinski definition) is 1. The predicted molar refractivity (Wildman–Crippen MR) is 89.3 cm³/mol. The van der Waals surface area contributed by atoms with Crippen molar-refractivity contribution in [3.63, 3.8) is 0 Å². The number of para-hydroxylation sites is 1. The highest BCUT2D eigenvalue weighted by Gasteiger charge is 2.37. The summed E-state index contributed by atoms with van der Waals surface area (Å²) >= 11 is 5.67. The summed E-state index contributed by atoms with van der Waals surface area (Å²) in [4.78, 5) is 16.2. The van der Waals surface area contributed by atoms with Gasteiger partial charge in [0.2, 0.25) is 10.0 Å². The summed E-state index contributed by atoms with van der Waals surface area (Å²) in [7, 11) is -3.86. The molecule has 0 saturated heterocycles. The number of ether oxygens (including phenoxy) is 1. The van der Waals surface area contributed by atoms with E-state index in [9.17, 15) is 13.2 Å². The number of pyridine rings is 1. The molecule has 2 atom stereocenters. The number of amides is 1. The van der Waals surface area contributed by atoms with Gasteiger partial charge in [0, 0.05) is 17.7 Å². The minimum absolute atomic E-state index is 0.228. The fourth-order valence-corrected chi connectivity index (χ4v) is 3.82. The largest absolute Gasteiger partial charge is 0.480 e. The van der Waals surface area contributed by atoms with E-state index < -0.39 is 22.0 Å². The highest BCUT2D eigenvalue weighted by molar-refractivity contribution is 7.89. The quantitative estimate of drug-likeness (QED) is 0.839. The smallest absolute Gasteiger partial charge is 0.275 e. The third-order valence-corrected chi connectivity index (χ3v) is 5.23. The van der Waals surface area contributed by atoms with Crippen molar-refractivity contribution in [2.24, 2.45) is 0 Å². The Kier molecular flexibility index (Phi) is 4.47. The number of halogens is 1. The zero-order valence-electron chi connectivity index (χ0n) is 12.8. The van der Waals surface area contributed by atoms with Crippen molar-refractivity contribution in [1.82, 2.24) is 9.71 Å². The molecular formula is C16H15ClN2O4S. The normalized spacial score (nSPS) is 19.4. The molecule has 1 N–H and O–H groups in total. The third-order valence-electron chi connectivity index (χ3n) is 3.78. The molecule has 1 aliphatic rings. The van der Waals surface area contributed by atoms with Gasteiger partial charge in [-0.3, -0.25) is 4.79 Å². The molecule has 1 aromatic carbocycles. The molecular weight excluding hydrogens is 352 g/mol. The van der Waals surface area contributed by atoms with E-state index in [1.165, 1.54) is 12.3 Å². The molecule has 8 heteroatoms. The fourth-order valence-electron chi connectivity index (χ4n) is 2.61. The van der Waals surface area contributed by atoms with Crippen LogP contribution in [0.5, 0.6) is 5.75 Å². The Morgan fingerprint density at radius 2 is 2.04 bits per heavy atom. The lowest BCUT2D eigenvalue weighted by atomic mass is 9.97. The molecule has 0 aliphatic carbocycles. The summed E-state index contributed by atoms with van der Waals surface area (Å²) in [6, 6.07) is 10.3. The Balaban J connectivity index is 1.69. The maximum atomic E-state index is 12.3. The summed E-state index contributed by atoms with van der Waals surface area (Å²) < 4.78 is 32.0. The summed E-state index contributed by atoms with van der Waals surface area (Å²) in [6.07, 6.45) is 0.483. The summed E-state index contributed by atoms with van der Waals surface area (Å²) in [5, 5.41) is 0.270. The van der Waals surface area contributed by atoms with Crippen LogP contribution in [0, 0.1) is 0 Å². The maximum absolute atomic E-state index is 12.3. The van der Waals surface area contributed by atoms with Crippen LogP contribution in [0.3, 0.4) is 0 Å². The first-order valence-electron chi connectivity index (χ1n) is 7.26. The maximum Gasteiger partial charge on any atom is 0.275 e. The lowest BCUT2D eigenvalue weighted by Crippen LogP contribution is -2.42. The van der Waals surface area contributed by atoms with Gasteiger partial charge in [0.1, 0.15) is 10.9 Å². The van der Waals surface area contributed by atoms with Crippen molar-refractivity contribution in [3.05, 3.63) is 58.9 Å². The molecule has 2 aromatic rings. The average molecular weight is 367 g/mol. The van der Waals surface area contributed by atoms with E-state index in [4.69, 9.17) is 16.3 Å². The average Bonchev–Trinajstić information content (AvgIpc) is 2.87. The number of rotatable bonds is 4. The lowest BCUT2D eigenvalue weighted by Gasteiger charge is -2.15. The number of nitrogens with one attached hydrogen (secondary N) is 1. The molecule has 0 radical (unpaired) electrons. The van der Waals surface area contributed by atoms with Crippen LogP contribution in [-0.2, 0) is 20.6 Å². The molecule has 3 rings (SSSR count). The second-order valence-electron chi connectivity index (χ2n) is 5.58. The lowest BCUT2D eigenvalue weighted by molar-refractivity contribution is -0.126. The van der Waals surface area contributed by atoms with Gasteiger partial charge in [-0.05, 0) is 17.7 Å². The summed E-state index contributed by atoms with van der Waals surface area (Å²) in [5.41, 5.74) is 1.32. The molecule has 24 heavy (non-hydrogen) atoms. The van der Waals surface area contributed by atoms with Crippen LogP contribution >= 0.6 is 11.6 Å².